The van der Waals surface area contributed by atoms with Gasteiger partial charge >= 0.3 is 150 Å². The van der Waals surface area contributed by atoms with Crippen molar-refractivity contribution in [2.24, 2.45) is 0 Å². The van der Waals surface area contributed by atoms with Crippen molar-refractivity contribution >= 4 is 87.3 Å². The molecule has 1 aliphatic heterocycles. The molecule has 0 nitrogen and oxygen atoms in total. The normalized spacial score (nSPS) is 17.0. The number of hydrogen-bond donors (Lipinski definition) is 0. The summed E-state index contributed by atoms with van der Waals surface area (Å²) in [7, 11) is 0. The second-order valence-corrected chi connectivity index (χ2v) is 50.8. The Kier molecular flexibility index (Phi) is 4.36. The molecule has 0 spiro atoms. The summed E-state index contributed by atoms with van der Waals surface area (Å²) in [4.78, 5) is 18.7. The van der Waals surface area contributed by atoms with Crippen molar-refractivity contribution in [3.05, 3.63) is 12.1 Å². The summed E-state index contributed by atoms with van der Waals surface area (Å²) >= 11 is -1.48. The van der Waals surface area contributed by atoms with Gasteiger partial charge in [0.15, 0.2) is 0 Å². The Hall–Kier alpha value is 1.54. The maximum atomic E-state index is 2.66. The van der Waals surface area contributed by atoms with Gasteiger partial charge in [-0.1, -0.05) is 0 Å². The Balaban J connectivity index is 2.21. The van der Waals surface area contributed by atoms with Gasteiger partial charge in [-0.3, -0.25) is 0 Å². The number of hydrogen-bond acceptors (Lipinski definition) is 2. The van der Waals surface area contributed by atoms with Crippen LogP contribution in [-0.4, -0.2) is 50.0 Å². The van der Waals surface area contributed by atoms with Crippen molar-refractivity contribution in [2.75, 3.05) is 0 Å². The quantitative estimate of drug-likeness (QED) is 0.467. The second kappa shape index (κ2) is 5.27. The molecule has 0 N–H and O–H groups in total. The summed E-state index contributed by atoms with van der Waals surface area (Å²) < 4.78 is 7.18. The Labute approximate surface area is 148 Å². The zero-order chi connectivity index (χ0) is 15.8. The third-order valence-electron chi connectivity index (χ3n) is 4.50. The third kappa shape index (κ3) is 2.87. The molecule has 0 unspecified atom stereocenters. The van der Waals surface area contributed by atoms with Gasteiger partial charge in [-0.15, -0.1) is 0 Å². The Morgan fingerprint density at radius 2 is 1.05 bits per heavy atom. The van der Waals surface area contributed by atoms with E-state index >= 15 is 0 Å². The van der Waals surface area contributed by atoms with Gasteiger partial charge in [0.05, 0.1) is 0 Å². The Morgan fingerprint density at radius 3 is 1.33 bits per heavy atom. The van der Waals surface area contributed by atoms with E-state index in [9.17, 15) is 0 Å². The topological polar surface area (TPSA) is 0 Å². The molecule has 2 aromatic rings. The van der Waals surface area contributed by atoms with E-state index in [4.69, 9.17) is 0 Å². The molecule has 5 heteroatoms. The molecular weight excluding hydrogens is 566 g/mol. The van der Waals surface area contributed by atoms with Crippen LogP contribution in [0.15, 0.2) is 12.1 Å². The van der Waals surface area contributed by atoms with Gasteiger partial charge in [-0.05, 0) is 0 Å². The van der Waals surface area contributed by atoms with Crippen LogP contribution in [0, 0.1) is 0 Å². The van der Waals surface area contributed by atoms with E-state index in [1.165, 1.54) is 0 Å². The van der Waals surface area contributed by atoms with Crippen LogP contribution < -0.4 is 14.6 Å². The van der Waals surface area contributed by atoms with Crippen LogP contribution in [0.25, 0.3) is 9.75 Å². The molecule has 2 aromatic heterocycles. The monoisotopic (exact) mass is 596 g/mol. The molecule has 21 heavy (non-hydrogen) atoms. The summed E-state index contributed by atoms with van der Waals surface area (Å²) in [5.74, 6) is 5.24. The molecular formula is C16H26GeS2Sn2. The van der Waals surface area contributed by atoms with E-state index in [0.717, 1.165) is 0 Å². The number of rotatable bonds is 2. The van der Waals surface area contributed by atoms with Crippen LogP contribution in [0.2, 0.25) is 41.2 Å². The van der Waals surface area contributed by atoms with E-state index in [1.807, 2.05) is 0 Å². The molecule has 114 valence electrons. The van der Waals surface area contributed by atoms with Gasteiger partial charge in [-0.25, -0.2) is 0 Å². The standard InChI is InChI=1S/C10H8GeS2.6CH3.2Sn/c1-11(2)7-3-5-12-9(7)10-8(11)4-6-13-10;;;;;;;;/h3-4H,1-2H3;6*1H3;;. The molecule has 3 heterocycles. The van der Waals surface area contributed by atoms with Crippen LogP contribution >= 0.6 is 22.7 Å². The maximum absolute atomic E-state index is 2.66. The second-order valence-electron chi connectivity index (χ2n) is 8.83. The molecule has 0 saturated heterocycles. The first-order chi connectivity index (χ1) is 9.42. The summed E-state index contributed by atoms with van der Waals surface area (Å²) in [6, 6.07) is 5.31. The van der Waals surface area contributed by atoms with E-state index in [2.05, 4.69) is 76.0 Å². The molecule has 0 bridgehead atoms. The summed E-state index contributed by atoms with van der Waals surface area (Å²) in [6.45, 7) is 0. The molecule has 0 fully saturated rings. The first kappa shape index (κ1) is 17.4. The van der Waals surface area contributed by atoms with E-state index in [1.54, 1.807) is 24.3 Å². The average molecular weight is 593 g/mol. The van der Waals surface area contributed by atoms with Crippen LogP contribution in [0.5, 0.6) is 0 Å². The molecule has 3 rings (SSSR count). The first-order valence-electron chi connectivity index (χ1n) is 7.72. The van der Waals surface area contributed by atoms with Gasteiger partial charge < -0.3 is 0 Å². The van der Waals surface area contributed by atoms with Crippen LogP contribution in [0.1, 0.15) is 0 Å². The fourth-order valence-electron chi connectivity index (χ4n) is 2.93. The molecule has 0 radical (unpaired) electrons. The van der Waals surface area contributed by atoms with Crippen LogP contribution in [-0.2, 0) is 0 Å². The summed E-state index contributed by atoms with van der Waals surface area (Å²) in [5.41, 5.74) is 0. The van der Waals surface area contributed by atoms with Crippen molar-refractivity contribution < 1.29 is 0 Å². The molecule has 0 aliphatic carbocycles. The summed E-state index contributed by atoms with van der Waals surface area (Å²) in [5, 5.41) is 0. The van der Waals surface area contributed by atoms with Crippen molar-refractivity contribution in [1.29, 1.82) is 0 Å². The molecule has 0 aromatic carbocycles. The molecule has 0 atom stereocenters. The summed E-state index contributed by atoms with van der Waals surface area (Å²) in [6.07, 6.45) is 0. The van der Waals surface area contributed by atoms with Crippen molar-refractivity contribution in [1.82, 2.24) is 0 Å². The molecule has 1 aliphatic rings. The third-order valence-corrected chi connectivity index (χ3v) is 33.8. The van der Waals surface area contributed by atoms with E-state index in [0.29, 0.717) is 0 Å². The zero-order valence-corrected chi connectivity index (χ0v) is 23.9. The molecule has 0 amide bonds. The van der Waals surface area contributed by atoms with Crippen LogP contribution in [0.4, 0.5) is 0 Å². The zero-order valence-electron chi connectivity index (χ0n) is 14.5. The van der Waals surface area contributed by atoms with Gasteiger partial charge in [0.2, 0.25) is 0 Å². The fourth-order valence-corrected chi connectivity index (χ4v) is 27.1. The van der Waals surface area contributed by atoms with Crippen molar-refractivity contribution in [2.45, 2.75) is 41.2 Å². The van der Waals surface area contributed by atoms with Gasteiger partial charge in [0.25, 0.3) is 0 Å². The van der Waals surface area contributed by atoms with E-state index in [-0.39, 0.29) is 0 Å². The van der Waals surface area contributed by atoms with Gasteiger partial charge in [0, 0.05) is 0 Å². The van der Waals surface area contributed by atoms with E-state index < -0.39 is 50.0 Å². The van der Waals surface area contributed by atoms with Gasteiger partial charge in [-0.2, -0.15) is 0 Å². The molecule has 0 saturated carbocycles. The minimum atomic E-state index is -1.98. The SMILES string of the molecule is [CH3][Ge]1([CH3])[c]2c[c]([Sn]([CH3])([CH3])[CH3])sc2-c2s[c]([Sn]([CH3])([CH3])[CH3])c[c]21. The minimum absolute atomic E-state index is 1.70. The van der Waals surface area contributed by atoms with Crippen LogP contribution in [0.3, 0.4) is 0 Å². The average Bonchev–Trinajstić information content (AvgIpc) is 2.94. The van der Waals surface area contributed by atoms with Crippen molar-refractivity contribution in [3.8, 4) is 9.75 Å². The predicted octanol–water partition coefficient (Wildman–Crippen LogP) is 3.70. The first-order valence-corrected chi connectivity index (χ1v) is 35.6. The Bertz CT molecular complexity index is 651. The Morgan fingerprint density at radius 1 is 0.714 bits per heavy atom. The number of fused-ring (bicyclic) bond motifs is 3. The fraction of sp³-hybridized carbons (Fsp3) is 0.500. The number of thiophene rings is 2. The van der Waals surface area contributed by atoms with Crippen molar-refractivity contribution in [3.63, 3.8) is 0 Å². The van der Waals surface area contributed by atoms with Gasteiger partial charge in [0.1, 0.15) is 0 Å². The predicted molar refractivity (Wildman–Crippen MR) is 110 cm³/mol.